The van der Waals surface area contributed by atoms with Gasteiger partial charge in [-0.25, -0.2) is 0 Å². The minimum atomic E-state index is 0.487. The Hall–Kier alpha value is -3.24. The molecular weight excluding hydrogens is 312 g/mol. The predicted molar refractivity (Wildman–Crippen MR) is 94.7 cm³/mol. The Balaban J connectivity index is 1.72. The zero-order valence-corrected chi connectivity index (χ0v) is 14.0. The van der Waals surface area contributed by atoms with E-state index >= 15 is 0 Å². The standard InChI is InChI=1S/C21H18N2O2/c1-15-12-20(25-14-23)10-11-21(15)18-4-2-16(3-5-18)17-6-8-19(9-7-17)24-13-22/h4,6-12,16H,2-3,5H2,1H3. The van der Waals surface area contributed by atoms with Crippen LogP contribution in [-0.4, -0.2) is 0 Å². The SMILES string of the molecule is Cc1cc(OC#N)ccc1C1=CCC(c2ccc(OC#N)cc2)CC1. The summed E-state index contributed by atoms with van der Waals surface area (Å²) in [6, 6.07) is 13.5. The van der Waals surface area contributed by atoms with Crippen molar-refractivity contribution in [1.29, 1.82) is 10.5 Å². The van der Waals surface area contributed by atoms with E-state index in [0.29, 0.717) is 17.4 Å². The van der Waals surface area contributed by atoms with Gasteiger partial charge in [0.05, 0.1) is 0 Å². The summed E-state index contributed by atoms with van der Waals surface area (Å²) >= 11 is 0. The van der Waals surface area contributed by atoms with Gasteiger partial charge < -0.3 is 9.47 Å². The lowest BCUT2D eigenvalue weighted by Gasteiger charge is -2.23. The van der Waals surface area contributed by atoms with Gasteiger partial charge in [-0.3, -0.25) is 0 Å². The number of rotatable bonds is 4. The molecule has 0 aliphatic heterocycles. The third kappa shape index (κ3) is 3.82. The maximum absolute atomic E-state index is 8.61. The van der Waals surface area contributed by atoms with E-state index in [9.17, 15) is 0 Å². The fourth-order valence-electron chi connectivity index (χ4n) is 3.35. The van der Waals surface area contributed by atoms with E-state index in [4.69, 9.17) is 20.0 Å². The van der Waals surface area contributed by atoms with Gasteiger partial charge >= 0.3 is 0 Å². The number of hydrogen-bond donors (Lipinski definition) is 0. The Morgan fingerprint density at radius 1 is 0.960 bits per heavy atom. The van der Waals surface area contributed by atoms with Crippen molar-refractivity contribution in [2.45, 2.75) is 32.1 Å². The summed E-state index contributed by atoms with van der Waals surface area (Å²) in [5, 5.41) is 17.1. The predicted octanol–water partition coefficient (Wildman–Crippen LogP) is 5.07. The molecule has 0 saturated carbocycles. The largest absolute Gasteiger partial charge is 0.388 e. The average molecular weight is 330 g/mol. The molecule has 124 valence electrons. The Morgan fingerprint density at radius 3 is 2.24 bits per heavy atom. The van der Waals surface area contributed by atoms with Crippen molar-refractivity contribution in [1.82, 2.24) is 0 Å². The Labute approximate surface area is 147 Å². The molecule has 0 heterocycles. The van der Waals surface area contributed by atoms with Crippen LogP contribution in [-0.2, 0) is 0 Å². The third-order valence-electron chi connectivity index (χ3n) is 4.63. The van der Waals surface area contributed by atoms with Crippen LogP contribution in [0.25, 0.3) is 5.57 Å². The van der Waals surface area contributed by atoms with Crippen LogP contribution in [0.3, 0.4) is 0 Å². The zero-order chi connectivity index (χ0) is 17.6. The van der Waals surface area contributed by atoms with Crippen LogP contribution in [0.4, 0.5) is 0 Å². The van der Waals surface area contributed by atoms with E-state index in [1.807, 2.05) is 49.4 Å². The minimum Gasteiger partial charge on any atom is -0.388 e. The molecule has 0 radical (unpaired) electrons. The molecule has 0 amide bonds. The van der Waals surface area contributed by atoms with Crippen molar-refractivity contribution in [3.63, 3.8) is 0 Å². The van der Waals surface area contributed by atoms with Crippen LogP contribution in [0.5, 0.6) is 11.5 Å². The van der Waals surface area contributed by atoms with Crippen molar-refractivity contribution in [2.75, 3.05) is 0 Å². The average Bonchev–Trinajstić information content (AvgIpc) is 2.63. The fourth-order valence-corrected chi connectivity index (χ4v) is 3.35. The summed E-state index contributed by atoms with van der Waals surface area (Å²) in [6.07, 6.45) is 8.79. The molecule has 25 heavy (non-hydrogen) atoms. The maximum Gasteiger partial charge on any atom is 0.292 e. The summed E-state index contributed by atoms with van der Waals surface area (Å²) in [6.45, 7) is 2.04. The number of ether oxygens (including phenoxy) is 2. The summed E-state index contributed by atoms with van der Waals surface area (Å²) in [5.74, 6) is 1.65. The first-order valence-electron chi connectivity index (χ1n) is 8.23. The Kier molecular flexibility index (Phi) is 5.02. The van der Waals surface area contributed by atoms with E-state index in [0.717, 1.165) is 24.8 Å². The smallest absolute Gasteiger partial charge is 0.292 e. The lowest BCUT2D eigenvalue weighted by Crippen LogP contribution is -2.05. The number of nitrogens with zero attached hydrogens (tertiary/aromatic N) is 2. The van der Waals surface area contributed by atoms with Crippen LogP contribution in [0.1, 0.15) is 41.9 Å². The number of allylic oxidation sites excluding steroid dienone is 2. The molecule has 1 unspecified atom stereocenters. The van der Waals surface area contributed by atoms with Crippen molar-refractivity contribution >= 4 is 5.57 Å². The number of aryl methyl sites for hydroxylation is 1. The second-order valence-corrected chi connectivity index (χ2v) is 6.13. The van der Waals surface area contributed by atoms with E-state index in [1.165, 1.54) is 16.7 Å². The molecular formula is C21H18N2O2. The molecule has 4 heteroatoms. The molecule has 0 fully saturated rings. The Morgan fingerprint density at radius 2 is 1.64 bits per heavy atom. The van der Waals surface area contributed by atoms with Crippen molar-refractivity contribution < 1.29 is 9.47 Å². The second kappa shape index (κ2) is 7.55. The molecule has 0 spiro atoms. The lowest BCUT2D eigenvalue weighted by molar-refractivity contribution is 0.506. The number of hydrogen-bond acceptors (Lipinski definition) is 4. The molecule has 4 nitrogen and oxygen atoms in total. The topological polar surface area (TPSA) is 66.0 Å². The number of benzene rings is 2. The van der Waals surface area contributed by atoms with Crippen molar-refractivity contribution in [3.8, 4) is 24.0 Å². The van der Waals surface area contributed by atoms with E-state index in [-0.39, 0.29) is 0 Å². The van der Waals surface area contributed by atoms with Gasteiger partial charge in [-0.1, -0.05) is 24.3 Å². The summed E-state index contributed by atoms with van der Waals surface area (Å²) in [5.41, 5.74) is 4.97. The molecule has 3 rings (SSSR count). The molecule has 0 bridgehead atoms. The fraction of sp³-hybridized carbons (Fsp3) is 0.238. The lowest BCUT2D eigenvalue weighted by atomic mass is 9.82. The maximum atomic E-state index is 8.61. The second-order valence-electron chi connectivity index (χ2n) is 6.13. The highest BCUT2D eigenvalue weighted by atomic mass is 16.5. The zero-order valence-electron chi connectivity index (χ0n) is 14.0. The van der Waals surface area contributed by atoms with Crippen LogP contribution in [0, 0.1) is 30.0 Å². The summed E-state index contributed by atoms with van der Waals surface area (Å²) in [4.78, 5) is 0. The molecule has 2 aromatic carbocycles. The number of nitriles is 2. The van der Waals surface area contributed by atoms with Crippen LogP contribution in [0.2, 0.25) is 0 Å². The van der Waals surface area contributed by atoms with Gasteiger partial charge in [0, 0.05) is 0 Å². The molecule has 1 atom stereocenters. The monoisotopic (exact) mass is 330 g/mol. The van der Waals surface area contributed by atoms with Crippen molar-refractivity contribution in [2.24, 2.45) is 0 Å². The van der Waals surface area contributed by atoms with Crippen LogP contribution in [0.15, 0.2) is 48.5 Å². The molecule has 0 saturated heterocycles. The first kappa shape index (κ1) is 16.6. The molecule has 1 aliphatic carbocycles. The van der Waals surface area contributed by atoms with Gasteiger partial charge in [-0.05, 0) is 78.6 Å². The first-order chi connectivity index (χ1) is 12.2. The van der Waals surface area contributed by atoms with E-state index in [1.54, 1.807) is 12.5 Å². The van der Waals surface area contributed by atoms with E-state index in [2.05, 4.69) is 6.08 Å². The quantitative estimate of drug-likeness (QED) is 0.734. The molecule has 2 aromatic rings. The summed E-state index contributed by atoms with van der Waals surface area (Å²) in [7, 11) is 0. The van der Waals surface area contributed by atoms with Crippen molar-refractivity contribution in [3.05, 3.63) is 65.2 Å². The highest BCUT2D eigenvalue weighted by molar-refractivity contribution is 5.69. The normalized spacial score (nSPS) is 16.3. The van der Waals surface area contributed by atoms with Crippen LogP contribution < -0.4 is 9.47 Å². The van der Waals surface area contributed by atoms with Gasteiger partial charge in [0.25, 0.3) is 12.5 Å². The molecule has 1 aliphatic rings. The molecule has 0 aromatic heterocycles. The van der Waals surface area contributed by atoms with Crippen LogP contribution >= 0.6 is 0 Å². The van der Waals surface area contributed by atoms with E-state index < -0.39 is 0 Å². The Bertz CT molecular complexity index is 870. The van der Waals surface area contributed by atoms with Gasteiger partial charge in [-0.15, -0.1) is 10.5 Å². The minimum absolute atomic E-state index is 0.487. The summed E-state index contributed by atoms with van der Waals surface area (Å²) < 4.78 is 9.71. The molecule has 0 N–H and O–H groups in total. The third-order valence-corrected chi connectivity index (χ3v) is 4.63. The van der Waals surface area contributed by atoms with Gasteiger partial charge in [-0.2, -0.15) is 0 Å². The van der Waals surface area contributed by atoms with Gasteiger partial charge in [0.2, 0.25) is 0 Å². The van der Waals surface area contributed by atoms with Gasteiger partial charge in [0.15, 0.2) is 0 Å². The first-order valence-corrected chi connectivity index (χ1v) is 8.23. The highest BCUT2D eigenvalue weighted by Crippen LogP contribution is 2.37. The van der Waals surface area contributed by atoms with Gasteiger partial charge in [0.1, 0.15) is 11.5 Å². The highest BCUT2D eigenvalue weighted by Gasteiger charge is 2.18.